The molecule has 24 heavy (non-hydrogen) atoms. The highest BCUT2D eigenvalue weighted by Gasteiger charge is 2.48. The number of anilines is 1. The molecule has 1 aromatic heterocycles. The number of aromatic nitrogens is 2. The number of halogens is 1. The summed E-state index contributed by atoms with van der Waals surface area (Å²) >= 11 is 0. The lowest BCUT2D eigenvalue weighted by molar-refractivity contribution is -0.155. The Balaban J connectivity index is 2.30. The summed E-state index contributed by atoms with van der Waals surface area (Å²) in [5.74, 6) is -3.43. The molecule has 0 saturated carbocycles. The first-order valence-electron chi connectivity index (χ1n) is 6.73. The largest absolute Gasteiger partial charge is 0.479 e. The molecule has 2 rings (SSSR count). The van der Waals surface area contributed by atoms with Crippen molar-refractivity contribution in [2.24, 2.45) is 0 Å². The van der Waals surface area contributed by atoms with Crippen LogP contribution in [0, 0.1) is 5.82 Å². The highest BCUT2D eigenvalue weighted by atomic mass is 19.1. The molecule has 12 heteroatoms. The molecule has 0 radical (unpaired) electrons. The van der Waals surface area contributed by atoms with E-state index in [1.807, 2.05) is 5.32 Å². The highest BCUT2D eigenvalue weighted by molar-refractivity contribution is 5.83. The van der Waals surface area contributed by atoms with Crippen LogP contribution >= 0.6 is 0 Å². The van der Waals surface area contributed by atoms with E-state index in [0.29, 0.717) is 10.8 Å². The lowest BCUT2D eigenvalue weighted by Gasteiger charge is -2.17. The number of aliphatic hydroxyl groups excluding tert-OH is 2. The van der Waals surface area contributed by atoms with Gasteiger partial charge in [-0.1, -0.05) is 0 Å². The molecule has 0 unspecified atom stereocenters. The van der Waals surface area contributed by atoms with Crippen LogP contribution in [0.3, 0.4) is 0 Å². The molecule has 4 atom stereocenters. The number of nitrogens with one attached hydrogen (secondary N) is 1. The van der Waals surface area contributed by atoms with Gasteiger partial charge in [0.05, 0.1) is 12.8 Å². The minimum Gasteiger partial charge on any atom is -0.479 e. The van der Waals surface area contributed by atoms with Crippen LogP contribution < -0.4 is 11.0 Å². The zero-order valence-corrected chi connectivity index (χ0v) is 12.2. The predicted molar refractivity (Wildman–Crippen MR) is 72.7 cm³/mol. The molecule has 1 fully saturated rings. The molecule has 1 aromatic rings. The molecule has 1 amide bonds. The van der Waals surface area contributed by atoms with E-state index in [-0.39, 0.29) is 6.61 Å². The van der Waals surface area contributed by atoms with Gasteiger partial charge in [-0.05, 0) is 6.92 Å². The fourth-order valence-corrected chi connectivity index (χ4v) is 2.07. The molecule has 0 aliphatic carbocycles. The standard InChI is InChI=1S/C12H14FN3O8/c1-2-23-12(22)15-8-4(13)3-16(11(21)14-8)9-6(18)5(17)7(24-9)10(19)20/h3,5-7,9,17-18H,2H2,1H3,(H,19,20)(H,14,15,21,22)/t5-,6+,7-,9+/m0/s1. The summed E-state index contributed by atoms with van der Waals surface area (Å²) in [7, 11) is 0. The first kappa shape index (κ1) is 17.8. The van der Waals surface area contributed by atoms with Crippen molar-refractivity contribution in [2.75, 3.05) is 11.9 Å². The van der Waals surface area contributed by atoms with E-state index >= 15 is 0 Å². The molecule has 1 saturated heterocycles. The van der Waals surface area contributed by atoms with Gasteiger partial charge >= 0.3 is 17.8 Å². The number of aliphatic hydroxyl groups is 2. The number of amides is 1. The maximum Gasteiger partial charge on any atom is 0.412 e. The molecular weight excluding hydrogens is 333 g/mol. The van der Waals surface area contributed by atoms with E-state index in [0.717, 1.165) is 0 Å². The molecule has 0 bridgehead atoms. The SMILES string of the molecule is CCOC(=O)Nc1nc(=O)n([C@@H]2O[C@H](C(=O)O)[C@@H](O)[C@H]2O)cc1F. The van der Waals surface area contributed by atoms with Crippen molar-refractivity contribution in [2.45, 2.75) is 31.5 Å². The van der Waals surface area contributed by atoms with Gasteiger partial charge in [0.1, 0.15) is 12.2 Å². The third-order valence-corrected chi connectivity index (χ3v) is 3.16. The third-order valence-electron chi connectivity index (χ3n) is 3.16. The molecular formula is C12H14FN3O8. The van der Waals surface area contributed by atoms with Crippen LogP contribution in [0.2, 0.25) is 0 Å². The number of nitrogens with zero attached hydrogens (tertiary/aromatic N) is 2. The highest BCUT2D eigenvalue weighted by Crippen LogP contribution is 2.28. The molecule has 1 aliphatic rings. The van der Waals surface area contributed by atoms with Crippen molar-refractivity contribution in [3.05, 3.63) is 22.5 Å². The van der Waals surface area contributed by atoms with Gasteiger partial charge in [-0.25, -0.2) is 18.8 Å². The Morgan fingerprint density at radius 2 is 2.12 bits per heavy atom. The van der Waals surface area contributed by atoms with Gasteiger partial charge in [-0.3, -0.25) is 9.88 Å². The van der Waals surface area contributed by atoms with E-state index in [4.69, 9.17) is 9.84 Å². The smallest absolute Gasteiger partial charge is 0.412 e. The van der Waals surface area contributed by atoms with E-state index < -0.39 is 53.9 Å². The van der Waals surface area contributed by atoms with Crippen molar-refractivity contribution in [1.82, 2.24) is 9.55 Å². The van der Waals surface area contributed by atoms with Crippen LogP contribution in [-0.4, -0.2) is 61.9 Å². The number of carbonyl (C=O) groups excluding carboxylic acids is 1. The van der Waals surface area contributed by atoms with Gasteiger partial charge in [0.2, 0.25) is 0 Å². The zero-order valence-electron chi connectivity index (χ0n) is 12.2. The minimum absolute atomic E-state index is 0.0150. The summed E-state index contributed by atoms with van der Waals surface area (Å²) in [5.41, 5.74) is -1.15. The molecule has 4 N–H and O–H groups in total. The summed E-state index contributed by atoms with van der Waals surface area (Å²) in [4.78, 5) is 37.3. The summed E-state index contributed by atoms with van der Waals surface area (Å²) < 4.78 is 23.8. The quantitative estimate of drug-likeness (QED) is 0.516. The van der Waals surface area contributed by atoms with Crippen LogP contribution in [0.4, 0.5) is 15.0 Å². The Kier molecular flexibility index (Phi) is 5.11. The Morgan fingerprint density at radius 1 is 1.46 bits per heavy atom. The summed E-state index contributed by atoms with van der Waals surface area (Å²) in [6.45, 7) is 1.53. The Labute approximate surface area is 133 Å². The molecule has 0 aromatic carbocycles. The number of hydrogen-bond acceptors (Lipinski definition) is 8. The number of aliphatic carboxylic acids is 1. The van der Waals surface area contributed by atoms with Crippen molar-refractivity contribution < 1.29 is 38.8 Å². The average molecular weight is 347 g/mol. The number of rotatable bonds is 4. The first-order chi connectivity index (χ1) is 11.3. The maximum atomic E-state index is 14.0. The van der Waals surface area contributed by atoms with Crippen LogP contribution in [0.25, 0.3) is 0 Å². The molecule has 0 spiro atoms. The van der Waals surface area contributed by atoms with Crippen molar-refractivity contribution in [3.8, 4) is 0 Å². The average Bonchev–Trinajstić information content (AvgIpc) is 2.79. The summed E-state index contributed by atoms with van der Waals surface area (Å²) in [5, 5.41) is 30.1. The molecule has 1 aliphatic heterocycles. The summed E-state index contributed by atoms with van der Waals surface area (Å²) in [6.07, 6.45) is -7.54. The number of ether oxygens (including phenoxy) is 2. The fraction of sp³-hybridized carbons (Fsp3) is 0.500. The number of carboxylic acids is 1. The lowest BCUT2D eigenvalue weighted by atomic mass is 10.1. The van der Waals surface area contributed by atoms with Gasteiger partial charge in [0, 0.05) is 0 Å². The van der Waals surface area contributed by atoms with Gasteiger partial charge in [-0.2, -0.15) is 4.98 Å². The topological polar surface area (TPSA) is 160 Å². The third kappa shape index (κ3) is 3.34. The Hall–Kier alpha value is -2.57. The Morgan fingerprint density at radius 3 is 2.67 bits per heavy atom. The maximum absolute atomic E-state index is 14.0. The second kappa shape index (κ2) is 6.90. The van der Waals surface area contributed by atoms with Gasteiger partial charge in [0.15, 0.2) is 24.0 Å². The van der Waals surface area contributed by atoms with Crippen LogP contribution in [0.15, 0.2) is 11.0 Å². The van der Waals surface area contributed by atoms with Crippen LogP contribution in [0.1, 0.15) is 13.2 Å². The first-order valence-corrected chi connectivity index (χ1v) is 6.73. The monoisotopic (exact) mass is 347 g/mol. The molecule has 132 valence electrons. The second-order valence-electron chi connectivity index (χ2n) is 4.74. The molecule has 11 nitrogen and oxygen atoms in total. The second-order valence-corrected chi connectivity index (χ2v) is 4.74. The normalized spacial score (nSPS) is 26.2. The lowest BCUT2D eigenvalue weighted by Crippen LogP contribution is -2.37. The van der Waals surface area contributed by atoms with E-state index in [2.05, 4.69) is 9.72 Å². The molecule has 2 heterocycles. The fourth-order valence-electron chi connectivity index (χ4n) is 2.07. The van der Waals surface area contributed by atoms with Gasteiger partial charge in [0.25, 0.3) is 0 Å². The van der Waals surface area contributed by atoms with Crippen LogP contribution in [0.5, 0.6) is 0 Å². The summed E-state index contributed by atoms with van der Waals surface area (Å²) in [6, 6.07) is 0. The van der Waals surface area contributed by atoms with Crippen LogP contribution in [-0.2, 0) is 14.3 Å². The Bertz CT molecular complexity index is 708. The van der Waals surface area contributed by atoms with Crippen molar-refractivity contribution in [3.63, 3.8) is 0 Å². The number of carbonyl (C=O) groups is 2. The zero-order chi connectivity index (χ0) is 18.0. The predicted octanol–water partition coefficient (Wildman–Crippen LogP) is -1.35. The van der Waals surface area contributed by atoms with E-state index in [1.165, 1.54) is 6.92 Å². The van der Waals surface area contributed by atoms with Crippen molar-refractivity contribution in [1.29, 1.82) is 0 Å². The van der Waals surface area contributed by atoms with E-state index in [9.17, 15) is 29.0 Å². The van der Waals surface area contributed by atoms with Gasteiger partial charge < -0.3 is 24.8 Å². The number of carboxylic acid groups (broad SMARTS) is 1. The van der Waals surface area contributed by atoms with Gasteiger partial charge in [-0.15, -0.1) is 0 Å². The van der Waals surface area contributed by atoms with E-state index in [1.54, 1.807) is 0 Å². The van der Waals surface area contributed by atoms with Crippen molar-refractivity contribution >= 4 is 17.9 Å². The number of hydrogen-bond donors (Lipinski definition) is 4. The minimum atomic E-state index is -1.82.